The van der Waals surface area contributed by atoms with Crippen molar-refractivity contribution in [1.82, 2.24) is 5.32 Å². The van der Waals surface area contributed by atoms with Crippen LogP contribution in [0.5, 0.6) is 0 Å². The lowest BCUT2D eigenvalue weighted by Crippen LogP contribution is -2.45. The summed E-state index contributed by atoms with van der Waals surface area (Å²) in [5.74, 6) is 1.74. The average molecular weight is 252 g/mol. The first kappa shape index (κ1) is 13.9. The molecule has 18 heavy (non-hydrogen) atoms. The zero-order valence-electron chi connectivity index (χ0n) is 11.7. The number of nitrogens with two attached hydrogens (primary N) is 1. The van der Waals surface area contributed by atoms with E-state index in [1.165, 1.54) is 38.5 Å². The van der Waals surface area contributed by atoms with E-state index in [0.29, 0.717) is 23.8 Å². The third kappa shape index (κ3) is 3.47. The lowest BCUT2D eigenvalue weighted by molar-refractivity contribution is -0.127. The van der Waals surface area contributed by atoms with Crippen molar-refractivity contribution in [1.29, 1.82) is 0 Å². The summed E-state index contributed by atoms with van der Waals surface area (Å²) in [7, 11) is 0. The Morgan fingerprint density at radius 2 is 1.94 bits per heavy atom. The molecule has 4 atom stereocenters. The Hall–Kier alpha value is -0.570. The van der Waals surface area contributed by atoms with Crippen molar-refractivity contribution < 1.29 is 4.79 Å². The normalized spacial score (nSPS) is 37.2. The third-order valence-corrected chi connectivity index (χ3v) is 4.93. The molecule has 1 amide bonds. The topological polar surface area (TPSA) is 55.1 Å². The van der Waals surface area contributed by atoms with Crippen molar-refractivity contribution in [2.75, 3.05) is 6.54 Å². The van der Waals surface area contributed by atoms with Gasteiger partial charge in [0.25, 0.3) is 0 Å². The first-order valence-electron chi connectivity index (χ1n) is 7.71. The van der Waals surface area contributed by atoms with Gasteiger partial charge in [0.05, 0.1) is 0 Å². The van der Waals surface area contributed by atoms with Crippen molar-refractivity contribution in [3.63, 3.8) is 0 Å². The van der Waals surface area contributed by atoms with Crippen LogP contribution >= 0.6 is 0 Å². The molecule has 3 heteroatoms. The molecule has 0 heterocycles. The zero-order chi connectivity index (χ0) is 13.0. The smallest absolute Gasteiger partial charge is 0.223 e. The molecular formula is C15H28N2O. The minimum atomic E-state index is 0.224. The van der Waals surface area contributed by atoms with E-state index in [2.05, 4.69) is 12.2 Å². The summed E-state index contributed by atoms with van der Waals surface area (Å²) in [6.45, 7) is 3.01. The molecule has 2 saturated carbocycles. The summed E-state index contributed by atoms with van der Waals surface area (Å²) < 4.78 is 0. The third-order valence-electron chi connectivity index (χ3n) is 4.93. The van der Waals surface area contributed by atoms with Gasteiger partial charge in [-0.3, -0.25) is 4.79 Å². The van der Waals surface area contributed by atoms with Crippen molar-refractivity contribution in [3.8, 4) is 0 Å². The number of hydrogen-bond acceptors (Lipinski definition) is 2. The van der Waals surface area contributed by atoms with Crippen LogP contribution in [-0.2, 0) is 4.79 Å². The highest BCUT2D eigenvalue weighted by atomic mass is 16.1. The van der Waals surface area contributed by atoms with Gasteiger partial charge in [0.15, 0.2) is 0 Å². The van der Waals surface area contributed by atoms with Gasteiger partial charge in [-0.2, -0.15) is 0 Å². The van der Waals surface area contributed by atoms with E-state index in [9.17, 15) is 4.79 Å². The summed E-state index contributed by atoms with van der Waals surface area (Å²) in [5, 5.41) is 3.30. The highest BCUT2D eigenvalue weighted by molar-refractivity contribution is 5.79. The fourth-order valence-corrected chi connectivity index (χ4v) is 3.57. The maximum absolute atomic E-state index is 12.3. The van der Waals surface area contributed by atoms with Gasteiger partial charge in [-0.1, -0.05) is 26.2 Å². The molecule has 2 rings (SSSR count). The van der Waals surface area contributed by atoms with E-state index < -0.39 is 0 Å². The maximum Gasteiger partial charge on any atom is 0.223 e. The lowest BCUT2D eigenvalue weighted by Gasteiger charge is -2.33. The molecule has 4 unspecified atom stereocenters. The molecule has 0 bridgehead atoms. The van der Waals surface area contributed by atoms with Crippen molar-refractivity contribution in [2.45, 2.75) is 64.3 Å². The Balaban J connectivity index is 1.83. The molecule has 0 aromatic heterocycles. The van der Waals surface area contributed by atoms with Gasteiger partial charge in [-0.05, 0) is 50.5 Å². The summed E-state index contributed by atoms with van der Waals surface area (Å²) in [6, 6.07) is 0.421. The predicted molar refractivity (Wildman–Crippen MR) is 74.1 cm³/mol. The molecule has 2 aliphatic carbocycles. The highest BCUT2D eigenvalue weighted by Crippen LogP contribution is 2.30. The molecule has 3 N–H and O–H groups in total. The van der Waals surface area contributed by atoms with Crippen LogP contribution in [-0.4, -0.2) is 18.5 Å². The average Bonchev–Trinajstić information content (AvgIpc) is 2.41. The van der Waals surface area contributed by atoms with Gasteiger partial charge in [0, 0.05) is 12.0 Å². The van der Waals surface area contributed by atoms with Gasteiger partial charge in [-0.25, -0.2) is 0 Å². The zero-order valence-corrected chi connectivity index (χ0v) is 11.7. The fraction of sp³-hybridized carbons (Fsp3) is 0.933. The highest BCUT2D eigenvalue weighted by Gasteiger charge is 2.29. The van der Waals surface area contributed by atoms with Crippen LogP contribution in [0, 0.1) is 17.8 Å². The molecule has 104 valence electrons. The second kappa shape index (κ2) is 6.55. The maximum atomic E-state index is 12.3. The van der Waals surface area contributed by atoms with E-state index in [1.54, 1.807) is 0 Å². The molecule has 0 aromatic carbocycles. The number of nitrogens with one attached hydrogen (secondary N) is 1. The summed E-state index contributed by atoms with van der Waals surface area (Å²) in [5.41, 5.74) is 5.74. The van der Waals surface area contributed by atoms with Crippen molar-refractivity contribution >= 4 is 5.91 Å². The molecule has 2 fully saturated rings. The van der Waals surface area contributed by atoms with E-state index in [1.807, 2.05) is 0 Å². The molecule has 0 aliphatic heterocycles. The van der Waals surface area contributed by atoms with Crippen LogP contribution in [0.2, 0.25) is 0 Å². The van der Waals surface area contributed by atoms with Crippen LogP contribution in [0.25, 0.3) is 0 Å². The van der Waals surface area contributed by atoms with Crippen LogP contribution in [0.1, 0.15) is 58.3 Å². The lowest BCUT2D eigenvalue weighted by atomic mass is 9.80. The molecule has 0 aromatic rings. The van der Waals surface area contributed by atoms with Crippen LogP contribution in [0.4, 0.5) is 0 Å². The van der Waals surface area contributed by atoms with E-state index in [4.69, 9.17) is 5.73 Å². The van der Waals surface area contributed by atoms with Gasteiger partial charge in [-0.15, -0.1) is 0 Å². The van der Waals surface area contributed by atoms with Crippen LogP contribution in [0.15, 0.2) is 0 Å². The van der Waals surface area contributed by atoms with Gasteiger partial charge in [0.1, 0.15) is 0 Å². The number of amides is 1. The van der Waals surface area contributed by atoms with E-state index in [0.717, 1.165) is 19.4 Å². The standard InChI is InChI=1S/C15H28N2O/c1-11-5-2-3-8-14(11)17-15(18)13-7-4-6-12(9-13)10-16/h11-14H,2-10,16H2,1H3,(H,17,18). The van der Waals surface area contributed by atoms with E-state index in [-0.39, 0.29) is 5.92 Å². The molecule has 0 saturated heterocycles. The first-order chi connectivity index (χ1) is 8.70. The fourth-order valence-electron chi connectivity index (χ4n) is 3.57. The Kier molecular flexibility index (Phi) is 5.04. The number of rotatable bonds is 3. The summed E-state index contributed by atoms with van der Waals surface area (Å²) in [4.78, 5) is 12.3. The SMILES string of the molecule is CC1CCCCC1NC(=O)C1CCCC(CN)C1. The Labute approximate surface area is 111 Å². The summed E-state index contributed by atoms with van der Waals surface area (Å²) >= 11 is 0. The van der Waals surface area contributed by atoms with Gasteiger partial charge >= 0.3 is 0 Å². The molecule has 0 radical (unpaired) electrons. The first-order valence-corrected chi connectivity index (χ1v) is 7.71. The minimum absolute atomic E-state index is 0.224. The second-order valence-electron chi connectivity index (χ2n) is 6.34. The van der Waals surface area contributed by atoms with Gasteiger partial charge < -0.3 is 11.1 Å². The predicted octanol–water partition coefficient (Wildman–Crippen LogP) is 2.45. The largest absolute Gasteiger partial charge is 0.353 e. The Morgan fingerprint density at radius 3 is 2.67 bits per heavy atom. The Bertz CT molecular complexity index is 280. The number of carbonyl (C=O) groups is 1. The quantitative estimate of drug-likeness (QED) is 0.810. The van der Waals surface area contributed by atoms with Gasteiger partial charge in [0.2, 0.25) is 5.91 Å². The molecule has 2 aliphatic rings. The monoisotopic (exact) mass is 252 g/mol. The molecule has 3 nitrogen and oxygen atoms in total. The van der Waals surface area contributed by atoms with Crippen molar-refractivity contribution in [3.05, 3.63) is 0 Å². The Morgan fingerprint density at radius 1 is 1.17 bits per heavy atom. The minimum Gasteiger partial charge on any atom is -0.353 e. The second-order valence-corrected chi connectivity index (χ2v) is 6.34. The number of hydrogen-bond donors (Lipinski definition) is 2. The molecule has 0 spiro atoms. The van der Waals surface area contributed by atoms with Crippen molar-refractivity contribution in [2.24, 2.45) is 23.5 Å². The van der Waals surface area contributed by atoms with Crippen LogP contribution < -0.4 is 11.1 Å². The van der Waals surface area contributed by atoms with Crippen LogP contribution in [0.3, 0.4) is 0 Å². The number of carbonyl (C=O) groups excluding carboxylic acids is 1. The molecular weight excluding hydrogens is 224 g/mol. The van der Waals surface area contributed by atoms with E-state index >= 15 is 0 Å². The summed E-state index contributed by atoms with van der Waals surface area (Å²) in [6.07, 6.45) is 9.46.